The number of aromatic nitrogens is 3. The van der Waals surface area contributed by atoms with Crippen molar-refractivity contribution in [2.24, 2.45) is 12.2 Å². The molecule has 16 nitrogen and oxygen atoms in total. The van der Waals surface area contributed by atoms with E-state index in [0.29, 0.717) is 25.3 Å². The maximum atomic E-state index is 13.0. The lowest BCUT2D eigenvalue weighted by Gasteiger charge is -2.23. The van der Waals surface area contributed by atoms with Crippen molar-refractivity contribution < 1.29 is 52.8 Å². The summed E-state index contributed by atoms with van der Waals surface area (Å²) in [6.45, 7) is 16.3. The number of carboxylic acid groups (broad SMARTS) is 1. The van der Waals surface area contributed by atoms with Gasteiger partial charge in [-0.3, -0.25) is 5.32 Å². The summed E-state index contributed by atoms with van der Waals surface area (Å²) in [4.78, 5) is 58.6. The van der Waals surface area contributed by atoms with Crippen LogP contribution in [0.2, 0.25) is 0 Å². The van der Waals surface area contributed by atoms with Gasteiger partial charge in [-0.25, -0.2) is 24.2 Å². The zero-order valence-corrected chi connectivity index (χ0v) is 32.1. The fraction of sp³-hybridized carbons (Fsp3) is 0.514. The molecule has 0 fully saturated rings. The fourth-order valence-electron chi connectivity index (χ4n) is 4.24. The van der Waals surface area contributed by atoms with Gasteiger partial charge in [-0.05, 0) is 86.4 Å². The van der Waals surface area contributed by atoms with Crippen molar-refractivity contribution in [2.75, 3.05) is 18.5 Å². The number of rotatable bonds is 14. The van der Waals surface area contributed by atoms with E-state index < -0.39 is 52.7 Å². The van der Waals surface area contributed by atoms with Gasteiger partial charge in [0.25, 0.3) is 6.10 Å². The largest absolute Gasteiger partial charge is 0.489 e. The number of ether oxygens (including phenoxy) is 4. The Bertz CT molecular complexity index is 1730. The molecule has 17 heteroatoms. The van der Waals surface area contributed by atoms with E-state index in [4.69, 9.17) is 23.8 Å². The lowest BCUT2D eigenvalue weighted by Crippen LogP contribution is -2.39. The first kappa shape index (κ1) is 41.2. The minimum Gasteiger partial charge on any atom is -0.489 e. The third kappa shape index (κ3) is 14.2. The maximum absolute atomic E-state index is 13.0. The number of nitrogens with zero attached hydrogens (tertiary/aromatic N) is 4. The molecule has 52 heavy (non-hydrogen) atoms. The molecule has 2 amide bonds. The highest BCUT2D eigenvalue weighted by molar-refractivity contribution is 7.14. The molecule has 0 bridgehead atoms. The number of thiazole rings is 1. The Morgan fingerprint density at radius 3 is 2.13 bits per heavy atom. The molecular weight excluding hydrogens is 696 g/mol. The van der Waals surface area contributed by atoms with Crippen molar-refractivity contribution in [3.8, 4) is 16.9 Å². The monoisotopic (exact) mass is 745 g/mol. The zero-order chi connectivity index (χ0) is 38.9. The predicted molar refractivity (Wildman–Crippen MR) is 192 cm³/mol. The molecule has 1 atom stereocenters. The van der Waals surface area contributed by atoms with E-state index in [-0.39, 0.29) is 17.4 Å². The van der Waals surface area contributed by atoms with Gasteiger partial charge in [0.05, 0.1) is 18.3 Å². The van der Waals surface area contributed by atoms with Crippen LogP contribution in [0.3, 0.4) is 0 Å². The molecule has 0 saturated carbocycles. The first-order valence-electron chi connectivity index (χ1n) is 16.5. The zero-order valence-electron chi connectivity index (χ0n) is 31.3. The number of hydrogen-bond donors (Lipinski definition) is 3. The Morgan fingerprint density at radius 1 is 0.923 bits per heavy atom. The predicted octanol–water partition coefficient (Wildman–Crippen LogP) is 5.29. The van der Waals surface area contributed by atoms with Gasteiger partial charge in [0, 0.05) is 11.9 Å². The number of aliphatic carboxylic acids is 1. The van der Waals surface area contributed by atoms with Gasteiger partial charge in [0.15, 0.2) is 12.2 Å². The Labute approximate surface area is 307 Å². The number of esters is 1. The molecule has 1 unspecified atom stereocenters. The number of nitrogens with one attached hydrogen (secondary N) is 2. The summed E-state index contributed by atoms with van der Waals surface area (Å²) < 4.78 is 25.8. The number of aryl methyl sites for hydroxylation is 2. The second-order valence-electron chi connectivity index (χ2n) is 14.6. The van der Waals surface area contributed by atoms with E-state index in [9.17, 15) is 24.3 Å². The Hall–Kier alpha value is -5.19. The molecule has 3 rings (SSSR count). The molecule has 0 spiro atoms. The van der Waals surface area contributed by atoms with E-state index in [1.165, 1.54) is 5.38 Å². The molecule has 3 N–H and O–H groups in total. The smallest absolute Gasteiger partial charge is 0.413 e. The molecule has 2 heterocycles. The van der Waals surface area contributed by atoms with Crippen molar-refractivity contribution in [2.45, 2.75) is 98.2 Å². The second kappa shape index (κ2) is 17.4. The molecule has 0 aliphatic carbocycles. The summed E-state index contributed by atoms with van der Waals surface area (Å²) in [5, 5.41) is 20.2. The van der Waals surface area contributed by atoms with E-state index in [1.54, 1.807) is 53.7 Å². The van der Waals surface area contributed by atoms with E-state index in [1.807, 2.05) is 61.7 Å². The Morgan fingerprint density at radius 2 is 1.54 bits per heavy atom. The first-order chi connectivity index (χ1) is 24.1. The number of oxime groups is 1. The Kier molecular flexibility index (Phi) is 13.8. The summed E-state index contributed by atoms with van der Waals surface area (Å²) in [5.41, 5.74) is -1.03. The van der Waals surface area contributed by atoms with Gasteiger partial charge >= 0.3 is 24.1 Å². The number of anilines is 1. The van der Waals surface area contributed by atoms with Crippen LogP contribution in [0, 0.1) is 0 Å². The number of carbonyl (C=O) groups is 4. The van der Waals surface area contributed by atoms with Gasteiger partial charge in [-0.1, -0.05) is 17.3 Å². The summed E-state index contributed by atoms with van der Waals surface area (Å²) in [5.74, 6) is -1.88. The SMILES string of the molecule is C[n+]1cc(-c2ccc(OCC(ON=C(C(=O)O)c3csc(NC(=O)OC(C)(C)C)n3)C(=O)OC(C)(C)C)cc2)cn1CCCNC(=O)OC(C)(C)C. The van der Waals surface area contributed by atoms with Gasteiger partial charge in [-0.15, -0.1) is 16.0 Å². The lowest BCUT2D eigenvalue weighted by atomic mass is 10.1. The van der Waals surface area contributed by atoms with Crippen LogP contribution in [-0.4, -0.2) is 80.7 Å². The van der Waals surface area contributed by atoms with Gasteiger partial charge < -0.3 is 34.2 Å². The molecule has 0 saturated heterocycles. The fourth-order valence-corrected chi connectivity index (χ4v) is 4.93. The van der Waals surface area contributed by atoms with Crippen LogP contribution >= 0.6 is 11.3 Å². The van der Waals surface area contributed by atoms with Crippen LogP contribution in [-0.2, 0) is 42.2 Å². The third-order valence-corrected chi connectivity index (χ3v) is 7.10. The number of alkyl carbamates (subject to hydrolysis) is 1. The quantitative estimate of drug-likeness (QED) is 0.0485. The topological polar surface area (TPSA) is 193 Å². The molecule has 284 valence electrons. The summed E-state index contributed by atoms with van der Waals surface area (Å²) >= 11 is 0.954. The first-order valence-corrected chi connectivity index (χ1v) is 17.4. The van der Waals surface area contributed by atoms with Gasteiger partial charge in [0.2, 0.25) is 11.9 Å². The molecule has 0 aliphatic rings. The van der Waals surface area contributed by atoms with E-state index in [0.717, 1.165) is 22.5 Å². The highest BCUT2D eigenvalue weighted by Gasteiger charge is 2.30. The molecule has 2 aromatic heterocycles. The average Bonchev–Trinajstić information content (AvgIpc) is 3.60. The maximum Gasteiger partial charge on any atom is 0.413 e. The second-order valence-corrected chi connectivity index (χ2v) is 15.5. The van der Waals surface area contributed by atoms with Crippen LogP contribution in [0.25, 0.3) is 11.1 Å². The minimum atomic E-state index is -1.48. The molecule has 1 aromatic carbocycles. The summed E-state index contributed by atoms with van der Waals surface area (Å²) in [6.07, 6.45) is 2.01. The minimum absolute atomic E-state index is 0.0755. The normalized spacial score (nSPS) is 12.8. The number of carbonyl (C=O) groups excluding carboxylic acids is 3. The Balaban J connectivity index is 1.67. The van der Waals surface area contributed by atoms with Crippen molar-refractivity contribution in [1.82, 2.24) is 15.0 Å². The highest BCUT2D eigenvalue weighted by Crippen LogP contribution is 2.23. The van der Waals surface area contributed by atoms with Crippen LogP contribution in [0.5, 0.6) is 5.75 Å². The molecule has 3 aromatic rings. The summed E-state index contributed by atoms with van der Waals surface area (Å²) in [6, 6.07) is 7.16. The number of benzene rings is 1. The van der Waals surface area contributed by atoms with Crippen molar-refractivity contribution >= 4 is 46.3 Å². The van der Waals surface area contributed by atoms with Crippen molar-refractivity contribution in [3.63, 3.8) is 0 Å². The number of hydrogen-bond acceptors (Lipinski definition) is 12. The van der Waals surface area contributed by atoms with Crippen molar-refractivity contribution in [3.05, 3.63) is 47.7 Å². The number of amides is 2. The number of carboxylic acids is 1. The van der Waals surface area contributed by atoms with E-state index >= 15 is 0 Å². The lowest BCUT2D eigenvalue weighted by molar-refractivity contribution is -0.753. The highest BCUT2D eigenvalue weighted by atomic mass is 32.1. The van der Waals surface area contributed by atoms with Crippen LogP contribution in [0.4, 0.5) is 14.7 Å². The van der Waals surface area contributed by atoms with E-state index in [2.05, 4.69) is 20.8 Å². The molecule has 0 aliphatic heterocycles. The van der Waals surface area contributed by atoms with Crippen LogP contribution < -0.4 is 20.1 Å². The third-order valence-electron chi connectivity index (χ3n) is 6.34. The van der Waals surface area contributed by atoms with Gasteiger partial charge in [0.1, 0.15) is 34.9 Å². The van der Waals surface area contributed by atoms with Crippen molar-refractivity contribution in [1.29, 1.82) is 0 Å². The van der Waals surface area contributed by atoms with Gasteiger partial charge in [-0.2, -0.15) is 4.68 Å². The molecular formula is C35H49N6O10S+. The molecule has 0 radical (unpaired) electrons. The van der Waals surface area contributed by atoms with Crippen LogP contribution in [0.1, 0.15) is 74.4 Å². The standard InChI is InChI=1S/C35H48N6O10S/c1-33(2,3)48-29(44)26(51-39-27(28(42)43)25-21-52-30(37-25)38-32(46)50-35(7,8)9)20-47-24-14-12-22(13-15-24)23-18-40(10)41(19-23)17-11-16-36-31(45)49-34(4,5)6/h12-15,18-19,21,26H,11,16-17,20H2,1-10H3,(H2-,36,37,38,42,43,45,46)/p+1. The van der Waals surface area contributed by atoms with Crippen LogP contribution in [0.15, 0.2) is 47.2 Å². The summed E-state index contributed by atoms with van der Waals surface area (Å²) in [7, 11) is 1.92. The average molecular weight is 746 g/mol.